The van der Waals surface area contributed by atoms with E-state index in [1.54, 1.807) is 39.3 Å². The lowest BCUT2D eigenvalue weighted by Crippen LogP contribution is -2.13. The van der Waals surface area contributed by atoms with Gasteiger partial charge in [-0.3, -0.25) is 4.79 Å². The molecule has 0 aliphatic heterocycles. The Morgan fingerprint density at radius 2 is 1.77 bits per heavy atom. The van der Waals surface area contributed by atoms with Crippen molar-refractivity contribution in [2.75, 3.05) is 19.5 Å². The lowest BCUT2D eigenvalue weighted by Gasteiger charge is -2.12. The minimum absolute atomic E-state index is 0.185. The van der Waals surface area contributed by atoms with Crippen LogP contribution in [0.1, 0.15) is 12.5 Å². The highest BCUT2D eigenvalue weighted by atomic mass is 16.5. The molecule has 2 aromatic carbocycles. The van der Waals surface area contributed by atoms with Gasteiger partial charge in [-0.1, -0.05) is 30.3 Å². The summed E-state index contributed by atoms with van der Waals surface area (Å²) in [5, 5.41) is 2.84. The molecule has 0 saturated heterocycles. The van der Waals surface area contributed by atoms with Crippen LogP contribution >= 0.6 is 0 Å². The fraction of sp³-hybridized carbons (Fsp3) is 0.167. The number of carbonyl (C=O) groups excluding carboxylic acids is 1. The van der Waals surface area contributed by atoms with Gasteiger partial charge in [-0.05, 0) is 30.7 Å². The molecule has 0 aliphatic carbocycles. The molecule has 4 nitrogen and oxygen atoms in total. The van der Waals surface area contributed by atoms with Gasteiger partial charge in [-0.2, -0.15) is 0 Å². The Morgan fingerprint density at radius 1 is 1.05 bits per heavy atom. The number of ether oxygens (including phenoxy) is 2. The standard InChI is InChI=1S/C18H19NO3/c1-13(11-14-7-5-4-6-8-14)18(20)19-16-12-15(21-2)9-10-17(16)22-3/h4-12H,1-3H3,(H,19,20)/b13-11+. The molecule has 114 valence electrons. The quantitative estimate of drug-likeness (QED) is 0.855. The third-order valence-corrected chi connectivity index (χ3v) is 3.20. The molecule has 0 aromatic heterocycles. The molecule has 4 heteroatoms. The summed E-state index contributed by atoms with van der Waals surface area (Å²) in [4.78, 5) is 12.3. The number of benzene rings is 2. The van der Waals surface area contributed by atoms with Gasteiger partial charge in [0, 0.05) is 11.6 Å². The van der Waals surface area contributed by atoms with Crippen LogP contribution in [0.4, 0.5) is 5.69 Å². The Hall–Kier alpha value is -2.75. The summed E-state index contributed by atoms with van der Waals surface area (Å²) in [5.41, 5.74) is 2.16. The van der Waals surface area contributed by atoms with E-state index in [1.807, 2.05) is 36.4 Å². The molecule has 0 bridgehead atoms. The summed E-state index contributed by atoms with van der Waals surface area (Å²) in [7, 11) is 3.14. The lowest BCUT2D eigenvalue weighted by atomic mass is 10.1. The van der Waals surface area contributed by atoms with Crippen LogP contribution in [0.25, 0.3) is 6.08 Å². The van der Waals surface area contributed by atoms with Gasteiger partial charge in [-0.25, -0.2) is 0 Å². The van der Waals surface area contributed by atoms with Crippen LogP contribution < -0.4 is 14.8 Å². The number of hydrogen-bond acceptors (Lipinski definition) is 3. The molecular formula is C18H19NO3. The number of hydrogen-bond donors (Lipinski definition) is 1. The van der Waals surface area contributed by atoms with Crippen LogP contribution in [0, 0.1) is 0 Å². The highest BCUT2D eigenvalue weighted by Crippen LogP contribution is 2.29. The maximum absolute atomic E-state index is 12.3. The topological polar surface area (TPSA) is 47.6 Å². The fourth-order valence-corrected chi connectivity index (χ4v) is 2.00. The predicted octanol–water partition coefficient (Wildman–Crippen LogP) is 3.75. The normalized spacial score (nSPS) is 11.0. The number of rotatable bonds is 5. The molecule has 0 fully saturated rings. The summed E-state index contributed by atoms with van der Waals surface area (Å²) in [6.07, 6.45) is 1.84. The third-order valence-electron chi connectivity index (χ3n) is 3.20. The molecule has 0 spiro atoms. The van der Waals surface area contributed by atoms with Gasteiger partial charge in [0.1, 0.15) is 11.5 Å². The molecule has 2 rings (SSSR count). The van der Waals surface area contributed by atoms with Crippen LogP contribution in [-0.4, -0.2) is 20.1 Å². The second-order valence-corrected chi connectivity index (χ2v) is 4.76. The Morgan fingerprint density at radius 3 is 2.41 bits per heavy atom. The maximum atomic E-state index is 12.3. The van der Waals surface area contributed by atoms with Gasteiger partial charge in [0.05, 0.1) is 19.9 Å². The van der Waals surface area contributed by atoms with Crippen LogP contribution in [0.2, 0.25) is 0 Å². The summed E-state index contributed by atoms with van der Waals surface area (Å²) < 4.78 is 10.4. The Bertz CT molecular complexity index is 678. The van der Waals surface area contributed by atoms with Gasteiger partial charge < -0.3 is 14.8 Å². The molecule has 0 radical (unpaired) electrons. The monoisotopic (exact) mass is 297 g/mol. The van der Waals surface area contributed by atoms with E-state index in [-0.39, 0.29) is 5.91 Å². The molecule has 2 aromatic rings. The highest BCUT2D eigenvalue weighted by molar-refractivity contribution is 6.07. The average molecular weight is 297 g/mol. The summed E-state index contributed by atoms with van der Waals surface area (Å²) in [6, 6.07) is 15.0. The molecule has 0 unspecified atom stereocenters. The molecule has 0 atom stereocenters. The second-order valence-electron chi connectivity index (χ2n) is 4.76. The van der Waals surface area contributed by atoms with E-state index in [0.29, 0.717) is 22.8 Å². The minimum Gasteiger partial charge on any atom is -0.497 e. The minimum atomic E-state index is -0.185. The second kappa shape index (κ2) is 7.31. The third kappa shape index (κ3) is 3.88. The molecule has 22 heavy (non-hydrogen) atoms. The average Bonchev–Trinajstić information content (AvgIpc) is 2.55. The number of carbonyl (C=O) groups is 1. The van der Waals surface area contributed by atoms with Crippen LogP contribution in [0.15, 0.2) is 54.1 Å². The lowest BCUT2D eigenvalue weighted by molar-refractivity contribution is -0.112. The van der Waals surface area contributed by atoms with Crippen molar-refractivity contribution in [1.29, 1.82) is 0 Å². The summed E-state index contributed by atoms with van der Waals surface area (Å²) in [6.45, 7) is 1.77. The SMILES string of the molecule is COc1ccc(OC)c(NC(=O)/C(C)=C/c2ccccc2)c1. The van der Waals surface area contributed by atoms with Crippen molar-refractivity contribution in [2.24, 2.45) is 0 Å². The van der Waals surface area contributed by atoms with E-state index < -0.39 is 0 Å². The summed E-state index contributed by atoms with van der Waals surface area (Å²) in [5.74, 6) is 1.05. The predicted molar refractivity (Wildman–Crippen MR) is 88.3 cm³/mol. The molecule has 1 N–H and O–H groups in total. The highest BCUT2D eigenvalue weighted by Gasteiger charge is 2.10. The molecule has 1 amide bonds. The first-order valence-corrected chi connectivity index (χ1v) is 6.90. The van der Waals surface area contributed by atoms with Crippen LogP contribution in [-0.2, 0) is 4.79 Å². The Labute approximate surface area is 130 Å². The Kier molecular flexibility index (Phi) is 5.20. The van der Waals surface area contributed by atoms with E-state index in [0.717, 1.165) is 5.56 Å². The van der Waals surface area contributed by atoms with Gasteiger partial charge >= 0.3 is 0 Å². The van der Waals surface area contributed by atoms with Crippen molar-refractivity contribution in [3.8, 4) is 11.5 Å². The maximum Gasteiger partial charge on any atom is 0.251 e. The number of methoxy groups -OCH3 is 2. The van der Waals surface area contributed by atoms with Crippen LogP contribution in [0.5, 0.6) is 11.5 Å². The number of amides is 1. The van der Waals surface area contributed by atoms with E-state index in [4.69, 9.17) is 9.47 Å². The molecular weight excluding hydrogens is 278 g/mol. The van der Waals surface area contributed by atoms with Crippen molar-refractivity contribution in [3.05, 3.63) is 59.7 Å². The van der Waals surface area contributed by atoms with E-state index in [9.17, 15) is 4.79 Å². The largest absolute Gasteiger partial charge is 0.497 e. The van der Waals surface area contributed by atoms with Crippen molar-refractivity contribution >= 4 is 17.7 Å². The van der Waals surface area contributed by atoms with Gasteiger partial charge in [0.2, 0.25) is 0 Å². The first-order chi connectivity index (χ1) is 10.6. The Balaban J connectivity index is 2.19. The first kappa shape index (κ1) is 15.6. The molecule has 0 saturated carbocycles. The number of anilines is 1. The van der Waals surface area contributed by atoms with E-state index >= 15 is 0 Å². The van der Waals surface area contributed by atoms with Crippen molar-refractivity contribution < 1.29 is 14.3 Å². The first-order valence-electron chi connectivity index (χ1n) is 6.90. The fourth-order valence-electron chi connectivity index (χ4n) is 2.00. The zero-order chi connectivity index (χ0) is 15.9. The zero-order valence-electron chi connectivity index (χ0n) is 12.9. The number of nitrogens with one attached hydrogen (secondary N) is 1. The van der Waals surface area contributed by atoms with Crippen molar-refractivity contribution in [1.82, 2.24) is 0 Å². The zero-order valence-corrected chi connectivity index (χ0v) is 12.9. The van der Waals surface area contributed by atoms with Crippen molar-refractivity contribution in [3.63, 3.8) is 0 Å². The molecule has 0 heterocycles. The summed E-state index contributed by atoms with van der Waals surface area (Å²) >= 11 is 0. The van der Waals surface area contributed by atoms with Gasteiger partial charge in [-0.15, -0.1) is 0 Å². The van der Waals surface area contributed by atoms with E-state index in [2.05, 4.69) is 5.32 Å². The van der Waals surface area contributed by atoms with Gasteiger partial charge in [0.15, 0.2) is 0 Å². The van der Waals surface area contributed by atoms with Crippen molar-refractivity contribution in [2.45, 2.75) is 6.92 Å². The smallest absolute Gasteiger partial charge is 0.251 e. The van der Waals surface area contributed by atoms with Crippen LogP contribution in [0.3, 0.4) is 0 Å². The van der Waals surface area contributed by atoms with E-state index in [1.165, 1.54) is 0 Å². The molecule has 0 aliphatic rings. The van der Waals surface area contributed by atoms with Gasteiger partial charge in [0.25, 0.3) is 5.91 Å².